The molecule has 0 unspecified atom stereocenters. The van der Waals surface area contributed by atoms with Crippen LogP contribution in [-0.2, 0) is 4.74 Å². The third-order valence-corrected chi connectivity index (χ3v) is 5.19. The van der Waals surface area contributed by atoms with Crippen LogP contribution in [0.25, 0.3) is 0 Å². The van der Waals surface area contributed by atoms with Crippen molar-refractivity contribution in [3.8, 4) is 11.5 Å². The number of rotatable bonds is 3. The Labute approximate surface area is 147 Å². The molecule has 6 heteroatoms. The van der Waals surface area contributed by atoms with Gasteiger partial charge in [-0.3, -0.25) is 0 Å². The second-order valence-corrected chi connectivity index (χ2v) is 7.41. The van der Waals surface area contributed by atoms with Crippen molar-refractivity contribution in [2.45, 2.75) is 38.4 Å². The summed E-state index contributed by atoms with van der Waals surface area (Å²) >= 11 is 6.33. The number of ether oxygens (including phenoxy) is 3. The lowest BCUT2D eigenvalue weighted by atomic mass is 9.85. The number of benzene rings is 1. The van der Waals surface area contributed by atoms with Gasteiger partial charge in [0.25, 0.3) is 5.79 Å². The fourth-order valence-electron chi connectivity index (χ4n) is 3.65. The number of esters is 1. The van der Waals surface area contributed by atoms with Gasteiger partial charge in [0.05, 0.1) is 17.7 Å². The molecule has 1 saturated carbocycles. The van der Waals surface area contributed by atoms with E-state index in [1.165, 1.54) is 7.11 Å². The summed E-state index contributed by atoms with van der Waals surface area (Å²) in [6, 6.07) is 1.60. The van der Waals surface area contributed by atoms with Gasteiger partial charge in [0.2, 0.25) is 0 Å². The Morgan fingerprint density at radius 3 is 2.54 bits per heavy atom. The average Bonchev–Trinajstić information content (AvgIpc) is 2.92. The van der Waals surface area contributed by atoms with Crippen LogP contribution in [0.15, 0.2) is 6.07 Å². The molecule has 0 atom stereocenters. The van der Waals surface area contributed by atoms with Gasteiger partial charge in [-0.15, -0.1) is 0 Å². The fourth-order valence-corrected chi connectivity index (χ4v) is 3.89. The minimum absolute atomic E-state index is 0.392. The summed E-state index contributed by atoms with van der Waals surface area (Å²) in [4.78, 5) is 14.1. The van der Waals surface area contributed by atoms with E-state index >= 15 is 0 Å². The highest BCUT2D eigenvalue weighted by Gasteiger charge is 2.46. The largest absolute Gasteiger partial charge is 0.465 e. The van der Waals surface area contributed by atoms with Crippen molar-refractivity contribution in [2.75, 3.05) is 27.7 Å². The molecule has 24 heavy (non-hydrogen) atoms. The van der Waals surface area contributed by atoms with Gasteiger partial charge in [-0.25, -0.2) is 4.79 Å². The highest BCUT2D eigenvalue weighted by molar-refractivity contribution is 6.32. The number of hydrogen-bond acceptors (Lipinski definition) is 5. The van der Waals surface area contributed by atoms with Crippen LogP contribution in [0, 0.1) is 12.8 Å². The van der Waals surface area contributed by atoms with Crippen molar-refractivity contribution < 1.29 is 19.0 Å². The lowest BCUT2D eigenvalue weighted by Crippen LogP contribution is -2.43. The molecule has 0 radical (unpaired) electrons. The standard InChI is InChI=1S/C18H24ClNO4/c1-11-13(17(21)22-4)9-14(19)16-15(11)23-18(24-16)7-5-12(6-8-18)10-20(2)3/h9,12H,5-8,10H2,1-4H3. The molecule has 5 nitrogen and oxygen atoms in total. The van der Waals surface area contributed by atoms with Crippen LogP contribution in [0.2, 0.25) is 5.02 Å². The minimum Gasteiger partial charge on any atom is -0.465 e. The summed E-state index contributed by atoms with van der Waals surface area (Å²) < 4.78 is 17.2. The first-order chi connectivity index (χ1) is 11.3. The SMILES string of the molecule is COC(=O)c1cc(Cl)c2c(c1C)OC1(CCC(CN(C)C)CC1)O2. The van der Waals surface area contributed by atoms with Gasteiger partial charge in [-0.2, -0.15) is 0 Å². The van der Waals surface area contributed by atoms with Crippen LogP contribution in [0.3, 0.4) is 0 Å². The number of nitrogens with zero attached hydrogens (tertiary/aromatic N) is 1. The molecule has 0 saturated heterocycles. The second kappa shape index (κ2) is 6.45. The molecular formula is C18H24ClNO4. The van der Waals surface area contributed by atoms with Crippen molar-refractivity contribution in [3.63, 3.8) is 0 Å². The Morgan fingerprint density at radius 1 is 1.33 bits per heavy atom. The Kier molecular flexibility index (Phi) is 4.67. The van der Waals surface area contributed by atoms with E-state index in [2.05, 4.69) is 19.0 Å². The van der Waals surface area contributed by atoms with E-state index in [1.54, 1.807) is 6.07 Å². The predicted molar refractivity (Wildman–Crippen MR) is 92.0 cm³/mol. The maximum atomic E-state index is 11.9. The van der Waals surface area contributed by atoms with E-state index in [-0.39, 0.29) is 0 Å². The van der Waals surface area contributed by atoms with E-state index in [9.17, 15) is 4.79 Å². The van der Waals surface area contributed by atoms with Gasteiger partial charge in [0.1, 0.15) is 0 Å². The molecular weight excluding hydrogens is 330 g/mol. The molecule has 0 N–H and O–H groups in total. The van der Waals surface area contributed by atoms with Crippen molar-refractivity contribution in [1.29, 1.82) is 0 Å². The van der Waals surface area contributed by atoms with Crippen molar-refractivity contribution in [1.82, 2.24) is 4.90 Å². The van der Waals surface area contributed by atoms with Crippen LogP contribution < -0.4 is 9.47 Å². The van der Waals surface area contributed by atoms with Gasteiger partial charge >= 0.3 is 5.97 Å². The van der Waals surface area contributed by atoms with Crippen LogP contribution >= 0.6 is 11.6 Å². The quantitative estimate of drug-likeness (QED) is 0.776. The predicted octanol–water partition coefficient (Wildman–Crippen LogP) is 3.65. The summed E-state index contributed by atoms with van der Waals surface area (Å²) in [6.07, 6.45) is 3.74. The highest BCUT2D eigenvalue weighted by Crippen LogP contribution is 2.52. The van der Waals surface area contributed by atoms with Crippen molar-refractivity contribution in [3.05, 3.63) is 22.2 Å². The molecule has 1 aliphatic heterocycles. The average molecular weight is 354 g/mol. The third-order valence-electron chi connectivity index (χ3n) is 4.91. The topological polar surface area (TPSA) is 48.0 Å². The van der Waals surface area contributed by atoms with Gasteiger partial charge in [-0.05, 0) is 45.8 Å². The van der Waals surface area contributed by atoms with Crippen molar-refractivity contribution in [2.24, 2.45) is 5.92 Å². The van der Waals surface area contributed by atoms with Crippen LogP contribution in [0.5, 0.6) is 11.5 Å². The molecule has 3 rings (SSSR count). The normalized spacial score (nSPS) is 25.3. The molecule has 0 amide bonds. The third kappa shape index (κ3) is 3.07. The minimum atomic E-state index is -0.645. The maximum absolute atomic E-state index is 11.9. The Balaban J connectivity index is 1.81. The molecule has 1 heterocycles. The molecule has 0 bridgehead atoms. The first kappa shape index (κ1) is 17.4. The summed E-state index contributed by atoms with van der Waals surface area (Å²) in [7, 11) is 5.55. The number of halogens is 1. The lowest BCUT2D eigenvalue weighted by Gasteiger charge is -2.36. The van der Waals surface area contributed by atoms with Crippen LogP contribution in [0.1, 0.15) is 41.6 Å². The van der Waals surface area contributed by atoms with Crippen LogP contribution in [-0.4, -0.2) is 44.4 Å². The molecule has 1 aliphatic carbocycles. The van der Waals surface area contributed by atoms with Crippen LogP contribution in [0.4, 0.5) is 0 Å². The zero-order valence-corrected chi connectivity index (χ0v) is 15.4. The van der Waals surface area contributed by atoms with Gasteiger partial charge < -0.3 is 19.1 Å². The molecule has 1 aromatic rings. The fraction of sp³-hybridized carbons (Fsp3) is 0.611. The summed E-state index contributed by atoms with van der Waals surface area (Å²) in [6.45, 7) is 2.91. The molecule has 0 aromatic heterocycles. The Morgan fingerprint density at radius 2 is 1.96 bits per heavy atom. The Hall–Kier alpha value is -1.46. The first-order valence-corrected chi connectivity index (χ1v) is 8.67. The van der Waals surface area contributed by atoms with Gasteiger partial charge in [0.15, 0.2) is 11.5 Å². The highest BCUT2D eigenvalue weighted by atomic mass is 35.5. The molecule has 132 valence electrons. The Bertz CT molecular complexity index is 651. The number of fused-ring (bicyclic) bond motifs is 1. The second-order valence-electron chi connectivity index (χ2n) is 7.00. The molecule has 1 fully saturated rings. The van der Waals surface area contributed by atoms with E-state index < -0.39 is 11.8 Å². The smallest absolute Gasteiger partial charge is 0.338 e. The van der Waals surface area contributed by atoms with Gasteiger partial charge in [0, 0.05) is 24.9 Å². The number of carbonyl (C=O) groups excluding carboxylic acids is 1. The number of carbonyl (C=O) groups is 1. The molecule has 2 aliphatic rings. The number of hydrogen-bond donors (Lipinski definition) is 0. The van der Waals surface area contributed by atoms with E-state index in [0.29, 0.717) is 33.6 Å². The molecule has 1 spiro atoms. The lowest BCUT2D eigenvalue weighted by molar-refractivity contribution is -0.114. The van der Waals surface area contributed by atoms with E-state index in [1.807, 2.05) is 6.92 Å². The van der Waals surface area contributed by atoms with Crippen molar-refractivity contribution >= 4 is 17.6 Å². The summed E-state index contributed by atoms with van der Waals surface area (Å²) in [5.74, 6) is 0.718. The molecule has 1 aromatic carbocycles. The van der Waals surface area contributed by atoms with Gasteiger partial charge in [-0.1, -0.05) is 11.6 Å². The first-order valence-electron chi connectivity index (χ1n) is 8.29. The zero-order chi connectivity index (χ0) is 17.5. The number of methoxy groups -OCH3 is 1. The van der Waals surface area contributed by atoms with E-state index in [4.69, 9.17) is 25.8 Å². The summed E-state index contributed by atoms with van der Waals surface area (Å²) in [5.41, 5.74) is 1.14. The van der Waals surface area contributed by atoms with E-state index in [0.717, 1.165) is 32.2 Å². The summed E-state index contributed by atoms with van der Waals surface area (Å²) in [5, 5.41) is 0.392. The monoisotopic (exact) mass is 353 g/mol. The zero-order valence-electron chi connectivity index (χ0n) is 14.6. The maximum Gasteiger partial charge on any atom is 0.338 e.